The van der Waals surface area contributed by atoms with Gasteiger partial charge >= 0.3 is 0 Å². The molecular formula is C23H29NO3S. The second-order valence-corrected chi connectivity index (χ2v) is 10.5. The molecule has 0 saturated heterocycles. The Balaban J connectivity index is 2.09. The average molecular weight is 400 g/mol. The Kier molecular flexibility index (Phi) is 5.05. The van der Waals surface area contributed by atoms with Crippen LogP contribution in [0.1, 0.15) is 63.3 Å². The quantitative estimate of drug-likeness (QED) is 0.538. The SMILES string of the molecule is Cc1cc2c(cc1C=Nc1ccccc1S(=O)(=O)O)C(C)(C)CC2(C)C(C)C. The number of para-hydroxylation sites is 1. The van der Waals surface area contributed by atoms with E-state index in [0.29, 0.717) is 5.92 Å². The third-order valence-electron chi connectivity index (χ3n) is 6.32. The fourth-order valence-electron chi connectivity index (χ4n) is 4.44. The molecule has 1 atom stereocenters. The molecule has 1 unspecified atom stereocenters. The largest absolute Gasteiger partial charge is 0.296 e. The van der Waals surface area contributed by atoms with Crippen molar-refractivity contribution in [2.45, 2.75) is 63.7 Å². The number of hydrogen-bond donors (Lipinski definition) is 1. The highest BCUT2D eigenvalue weighted by Gasteiger charge is 2.46. The first kappa shape index (κ1) is 20.7. The molecule has 150 valence electrons. The van der Waals surface area contributed by atoms with Crippen molar-refractivity contribution in [2.24, 2.45) is 10.9 Å². The number of rotatable bonds is 4. The van der Waals surface area contributed by atoms with Crippen LogP contribution in [0.4, 0.5) is 5.69 Å². The Hall–Kier alpha value is -1.98. The van der Waals surface area contributed by atoms with Crippen LogP contribution in [-0.2, 0) is 20.9 Å². The Bertz CT molecular complexity index is 1050. The average Bonchev–Trinajstić information content (AvgIpc) is 2.79. The smallest absolute Gasteiger partial charge is 0.282 e. The molecule has 3 rings (SSSR count). The first-order chi connectivity index (χ1) is 12.9. The number of benzene rings is 2. The molecule has 0 radical (unpaired) electrons. The normalized spacial score (nSPS) is 21.4. The molecule has 0 aromatic heterocycles. The second kappa shape index (κ2) is 6.82. The van der Waals surface area contributed by atoms with Crippen molar-refractivity contribution < 1.29 is 13.0 Å². The minimum Gasteiger partial charge on any atom is -0.282 e. The number of hydrogen-bond acceptors (Lipinski definition) is 3. The van der Waals surface area contributed by atoms with E-state index in [2.05, 4.69) is 58.7 Å². The molecule has 28 heavy (non-hydrogen) atoms. The van der Waals surface area contributed by atoms with Crippen LogP contribution in [0.25, 0.3) is 0 Å². The van der Waals surface area contributed by atoms with E-state index in [-0.39, 0.29) is 21.4 Å². The molecule has 0 bridgehead atoms. The third-order valence-corrected chi connectivity index (χ3v) is 7.22. The predicted molar refractivity (Wildman–Crippen MR) is 115 cm³/mol. The molecular weight excluding hydrogens is 370 g/mol. The maximum atomic E-state index is 11.6. The van der Waals surface area contributed by atoms with Crippen LogP contribution < -0.4 is 0 Å². The first-order valence-electron chi connectivity index (χ1n) is 9.62. The van der Waals surface area contributed by atoms with Gasteiger partial charge in [0, 0.05) is 6.21 Å². The molecule has 1 N–H and O–H groups in total. The van der Waals surface area contributed by atoms with Crippen LogP contribution in [-0.4, -0.2) is 19.2 Å². The lowest BCUT2D eigenvalue weighted by Crippen LogP contribution is -2.28. The van der Waals surface area contributed by atoms with Crippen molar-refractivity contribution in [1.29, 1.82) is 0 Å². The third kappa shape index (κ3) is 3.53. The van der Waals surface area contributed by atoms with Crippen LogP contribution >= 0.6 is 0 Å². The predicted octanol–water partition coefficient (Wildman–Crippen LogP) is 5.59. The van der Waals surface area contributed by atoms with E-state index in [0.717, 1.165) is 17.5 Å². The van der Waals surface area contributed by atoms with Gasteiger partial charge < -0.3 is 0 Å². The van der Waals surface area contributed by atoms with Gasteiger partial charge in [0.15, 0.2) is 0 Å². The van der Waals surface area contributed by atoms with Crippen LogP contribution in [0.15, 0.2) is 46.3 Å². The fourth-order valence-corrected chi connectivity index (χ4v) is 5.08. The highest BCUT2D eigenvalue weighted by atomic mass is 32.2. The van der Waals surface area contributed by atoms with E-state index in [4.69, 9.17) is 0 Å². The Morgan fingerprint density at radius 3 is 2.36 bits per heavy atom. The molecule has 5 heteroatoms. The maximum absolute atomic E-state index is 11.6. The lowest BCUT2D eigenvalue weighted by molar-refractivity contribution is 0.290. The van der Waals surface area contributed by atoms with Crippen molar-refractivity contribution in [3.8, 4) is 0 Å². The van der Waals surface area contributed by atoms with Gasteiger partial charge in [0.25, 0.3) is 10.1 Å². The van der Waals surface area contributed by atoms with E-state index in [1.807, 2.05) is 0 Å². The Morgan fingerprint density at radius 1 is 1.11 bits per heavy atom. The molecule has 0 amide bonds. The molecule has 0 fully saturated rings. The molecule has 2 aromatic rings. The summed E-state index contributed by atoms with van der Waals surface area (Å²) in [6, 6.07) is 10.7. The summed E-state index contributed by atoms with van der Waals surface area (Å²) in [7, 11) is -4.31. The summed E-state index contributed by atoms with van der Waals surface area (Å²) in [4.78, 5) is 4.20. The van der Waals surface area contributed by atoms with Crippen molar-refractivity contribution in [1.82, 2.24) is 0 Å². The summed E-state index contributed by atoms with van der Waals surface area (Å²) in [6.45, 7) is 13.5. The first-order valence-corrected chi connectivity index (χ1v) is 11.1. The van der Waals surface area contributed by atoms with E-state index in [9.17, 15) is 13.0 Å². The number of aliphatic imine (C=N–C) groups is 1. The van der Waals surface area contributed by atoms with Gasteiger partial charge in [-0.25, -0.2) is 0 Å². The highest BCUT2D eigenvalue weighted by molar-refractivity contribution is 7.86. The summed E-state index contributed by atoms with van der Waals surface area (Å²) in [5.41, 5.74) is 5.24. The summed E-state index contributed by atoms with van der Waals surface area (Å²) < 4.78 is 32.6. The van der Waals surface area contributed by atoms with E-state index in [1.54, 1.807) is 24.4 Å². The number of aryl methyl sites for hydroxylation is 1. The zero-order chi connectivity index (χ0) is 20.9. The minimum absolute atomic E-state index is 0.0665. The van der Waals surface area contributed by atoms with Gasteiger partial charge in [0.1, 0.15) is 4.90 Å². The molecule has 1 aliphatic rings. The molecule has 1 aliphatic carbocycles. The van der Waals surface area contributed by atoms with E-state index in [1.165, 1.54) is 17.2 Å². The summed E-state index contributed by atoms with van der Waals surface area (Å²) >= 11 is 0. The highest BCUT2D eigenvalue weighted by Crippen LogP contribution is 2.53. The summed E-state index contributed by atoms with van der Waals surface area (Å²) in [6.07, 6.45) is 2.79. The Labute approximate surface area is 168 Å². The fraction of sp³-hybridized carbons (Fsp3) is 0.435. The monoisotopic (exact) mass is 399 g/mol. The van der Waals surface area contributed by atoms with Gasteiger partial charge in [-0.15, -0.1) is 0 Å². The van der Waals surface area contributed by atoms with Gasteiger partial charge in [-0.3, -0.25) is 9.55 Å². The summed E-state index contributed by atoms with van der Waals surface area (Å²) in [5, 5.41) is 0. The van der Waals surface area contributed by atoms with Gasteiger partial charge in [0.2, 0.25) is 0 Å². The maximum Gasteiger partial charge on any atom is 0.296 e. The van der Waals surface area contributed by atoms with Crippen LogP contribution in [0.3, 0.4) is 0 Å². The zero-order valence-electron chi connectivity index (χ0n) is 17.4. The van der Waals surface area contributed by atoms with Crippen LogP contribution in [0, 0.1) is 12.8 Å². The van der Waals surface area contributed by atoms with Crippen LogP contribution in [0.5, 0.6) is 0 Å². The number of fused-ring (bicyclic) bond motifs is 1. The molecule has 0 saturated carbocycles. The van der Waals surface area contributed by atoms with Gasteiger partial charge in [-0.1, -0.05) is 52.8 Å². The molecule has 0 aliphatic heterocycles. The molecule has 2 aromatic carbocycles. The van der Waals surface area contributed by atoms with Gasteiger partial charge in [-0.2, -0.15) is 8.42 Å². The van der Waals surface area contributed by atoms with Crippen molar-refractivity contribution in [2.75, 3.05) is 0 Å². The number of nitrogens with zero attached hydrogens (tertiary/aromatic N) is 1. The molecule has 0 heterocycles. The molecule has 0 spiro atoms. The van der Waals surface area contributed by atoms with Crippen molar-refractivity contribution >= 4 is 22.0 Å². The standard InChI is InChI=1S/C23H29NO3S/c1-15(2)23(6)14-22(4,5)18-12-17(16(3)11-19(18)23)13-24-20-9-7-8-10-21(20)28(25,26)27/h7-13,15H,14H2,1-6H3,(H,25,26,27). The topological polar surface area (TPSA) is 66.7 Å². The second-order valence-electron chi connectivity index (χ2n) is 9.09. The van der Waals surface area contributed by atoms with E-state index >= 15 is 0 Å². The van der Waals surface area contributed by atoms with Crippen LogP contribution in [0.2, 0.25) is 0 Å². The zero-order valence-corrected chi connectivity index (χ0v) is 18.3. The lowest BCUT2D eigenvalue weighted by Gasteiger charge is -2.32. The molecule has 4 nitrogen and oxygen atoms in total. The van der Waals surface area contributed by atoms with Crippen molar-refractivity contribution in [3.63, 3.8) is 0 Å². The Morgan fingerprint density at radius 2 is 1.75 bits per heavy atom. The van der Waals surface area contributed by atoms with Crippen molar-refractivity contribution in [3.05, 3.63) is 58.7 Å². The van der Waals surface area contributed by atoms with E-state index < -0.39 is 10.1 Å². The van der Waals surface area contributed by atoms with Gasteiger partial charge in [0.05, 0.1) is 5.69 Å². The lowest BCUT2D eigenvalue weighted by atomic mass is 9.72. The van der Waals surface area contributed by atoms with Gasteiger partial charge in [-0.05, 0) is 70.5 Å². The minimum atomic E-state index is -4.31. The summed E-state index contributed by atoms with van der Waals surface area (Å²) in [5.74, 6) is 0.536.